The fourth-order valence-electron chi connectivity index (χ4n) is 6.55. The van der Waals surface area contributed by atoms with Crippen molar-refractivity contribution < 1.29 is 19.2 Å². The van der Waals surface area contributed by atoms with E-state index in [2.05, 4.69) is 15.6 Å². The van der Waals surface area contributed by atoms with Gasteiger partial charge in [-0.3, -0.25) is 19.2 Å². The van der Waals surface area contributed by atoms with E-state index in [1.54, 1.807) is 9.80 Å². The van der Waals surface area contributed by atoms with Gasteiger partial charge in [-0.15, -0.1) is 0 Å². The molecule has 3 aliphatic rings. The van der Waals surface area contributed by atoms with Crippen LogP contribution in [0.3, 0.4) is 0 Å². The number of carbonyl (C=O) groups excluding carboxylic acids is 4. The molecule has 3 saturated heterocycles. The number of fused-ring (bicyclic) bond motifs is 3. The van der Waals surface area contributed by atoms with Crippen LogP contribution < -0.4 is 10.6 Å². The van der Waals surface area contributed by atoms with Crippen LogP contribution in [0.2, 0.25) is 0 Å². The molecule has 3 N–H and O–H groups in total. The van der Waals surface area contributed by atoms with E-state index in [-0.39, 0.29) is 30.0 Å². The van der Waals surface area contributed by atoms with Crippen LogP contribution in [0.5, 0.6) is 0 Å². The Balaban J connectivity index is 1.34. The van der Waals surface area contributed by atoms with Crippen molar-refractivity contribution in [3.8, 4) is 0 Å². The van der Waals surface area contributed by atoms with Crippen LogP contribution in [0.4, 0.5) is 0 Å². The van der Waals surface area contributed by atoms with E-state index in [9.17, 15) is 19.2 Å². The SMILES string of the molecule is O=C1CC(Cc2ccccc2)NC(=O)[C@@H]2CCCN2C(=O)[C@@H]2CCCN2C(=O)[C@H](Cc2c[nH]c3ccccc23)N1. The highest BCUT2D eigenvalue weighted by molar-refractivity contribution is 5.96. The molecule has 4 heterocycles. The summed E-state index contributed by atoms with van der Waals surface area (Å²) in [5, 5.41) is 7.08. The summed E-state index contributed by atoms with van der Waals surface area (Å²) in [4.78, 5) is 61.4. The number of hydrogen-bond acceptors (Lipinski definition) is 4. The Hall–Kier alpha value is -4.14. The minimum Gasteiger partial charge on any atom is -0.361 e. The molecule has 3 aliphatic heterocycles. The van der Waals surface area contributed by atoms with Crippen molar-refractivity contribution >= 4 is 34.5 Å². The number of benzene rings is 2. The molecule has 1 unspecified atom stereocenters. The predicted octanol–water partition coefficient (Wildman–Crippen LogP) is 2.31. The van der Waals surface area contributed by atoms with Crippen LogP contribution in [0, 0.1) is 0 Å². The molecule has 3 aromatic rings. The van der Waals surface area contributed by atoms with Crippen LogP contribution >= 0.6 is 0 Å². The highest BCUT2D eigenvalue weighted by atomic mass is 16.2. The Morgan fingerprint density at radius 2 is 1.45 bits per heavy atom. The van der Waals surface area contributed by atoms with Gasteiger partial charge < -0.3 is 25.4 Å². The largest absolute Gasteiger partial charge is 0.361 e. The second kappa shape index (κ2) is 11.2. The molecule has 208 valence electrons. The molecule has 6 rings (SSSR count). The lowest BCUT2D eigenvalue weighted by Crippen LogP contribution is -2.56. The summed E-state index contributed by atoms with van der Waals surface area (Å²) in [5.41, 5.74) is 2.88. The fourth-order valence-corrected chi connectivity index (χ4v) is 6.55. The summed E-state index contributed by atoms with van der Waals surface area (Å²) in [6.07, 6.45) is 5.25. The lowest BCUT2D eigenvalue weighted by Gasteiger charge is -2.32. The Kier molecular flexibility index (Phi) is 7.28. The highest BCUT2D eigenvalue weighted by Gasteiger charge is 2.44. The Morgan fingerprint density at radius 3 is 2.25 bits per heavy atom. The van der Waals surface area contributed by atoms with E-state index in [1.807, 2.05) is 60.8 Å². The fraction of sp³-hybridized carbons (Fsp3) is 0.419. The van der Waals surface area contributed by atoms with Crippen molar-refractivity contribution in [2.45, 2.75) is 69.1 Å². The average molecular weight is 542 g/mol. The standard InChI is InChI=1S/C31H35N5O4/c37-28-18-22(16-20-8-2-1-3-9-20)33-29(38)26-12-6-14-35(26)31(40)27-13-7-15-36(27)30(39)25(34-28)17-21-19-32-24-11-5-4-10-23(21)24/h1-5,8-11,19,22,25-27,32H,6-7,12-18H2,(H,33,38)(H,34,37)/t22?,25-,26-,27-/m0/s1. The van der Waals surface area contributed by atoms with E-state index in [0.29, 0.717) is 45.2 Å². The first-order chi connectivity index (χ1) is 19.5. The van der Waals surface area contributed by atoms with Gasteiger partial charge in [-0.1, -0.05) is 48.5 Å². The maximum absolute atomic E-state index is 14.1. The molecule has 40 heavy (non-hydrogen) atoms. The Labute approximate surface area is 233 Å². The first-order valence-corrected chi connectivity index (χ1v) is 14.3. The normalized spacial score (nSPS) is 26.0. The molecule has 0 radical (unpaired) electrons. The van der Waals surface area contributed by atoms with Gasteiger partial charge in [0.1, 0.15) is 18.1 Å². The number of aromatic amines is 1. The number of hydrogen-bond donors (Lipinski definition) is 3. The molecule has 0 bridgehead atoms. The summed E-state index contributed by atoms with van der Waals surface area (Å²) in [6, 6.07) is 15.1. The van der Waals surface area contributed by atoms with Gasteiger partial charge in [0.15, 0.2) is 0 Å². The number of carbonyl (C=O) groups is 4. The number of amides is 4. The molecule has 0 saturated carbocycles. The Bertz CT molecular complexity index is 1420. The zero-order valence-electron chi connectivity index (χ0n) is 22.5. The molecule has 9 nitrogen and oxygen atoms in total. The van der Waals surface area contributed by atoms with Gasteiger partial charge in [-0.05, 0) is 49.3 Å². The lowest BCUT2D eigenvalue weighted by atomic mass is 10.0. The summed E-state index contributed by atoms with van der Waals surface area (Å²) >= 11 is 0. The highest BCUT2D eigenvalue weighted by Crippen LogP contribution is 2.27. The molecule has 4 atom stereocenters. The number of rotatable bonds is 4. The summed E-state index contributed by atoms with van der Waals surface area (Å²) < 4.78 is 0. The molecule has 1 aromatic heterocycles. The van der Waals surface area contributed by atoms with Crippen LogP contribution in [-0.4, -0.2) is 75.7 Å². The third kappa shape index (κ3) is 5.20. The molecule has 2 aromatic carbocycles. The molecule has 9 heteroatoms. The third-order valence-corrected chi connectivity index (χ3v) is 8.49. The maximum atomic E-state index is 14.1. The first kappa shape index (κ1) is 26.1. The zero-order valence-corrected chi connectivity index (χ0v) is 22.5. The molecule has 0 spiro atoms. The number of H-pyrrole nitrogens is 1. The van der Waals surface area contributed by atoms with E-state index >= 15 is 0 Å². The summed E-state index contributed by atoms with van der Waals surface area (Å²) in [5.74, 6) is -0.947. The first-order valence-electron chi connectivity index (χ1n) is 14.3. The lowest BCUT2D eigenvalue weighted by molar-refractivity contribution is -0.147. The molecular formula is C31H35N5O4. The summed E-state index contributed by atoms with van der Waals surface area (Å²) in [7, 11) is 0. The third-order valence-electron chi connectivity index (χ3n) is 8.49. The minimum atomic E-state index is -0.830. The smallest absolute Gasteiger partial charge is 0.246 e. The second-order valence-electron chi connectivity index (χ2n) is 11.2. The minimum absolute atomic E-state index is 0.0302. The van der Waals surface area contributed by atoms with Gasteiger partial charge in [0, 0.05) is 49.1 Å². The quantitative estimate of drug-likeness (QED) is 0.470. The van der Waals surface area contributed by atoms with Crippen molar-refractivity contribution in [1.29, 1.82) is 0 Å². The van der Waals surface area contributed by atoms with Crippen LogP contribution in [0.25, 0.3) is 10.9 Å². The second-order valence-corrected chi connectivity index (χ2v) is 11.2. The van der Waals surface area contributed by atoms with E-state index < -0.39 is 24.2 Å². The maximum Gasteiger partial charge on any atom is 0.246 e. The molecule has 0 aliphatic carbocycles. The molecule has 4 amide bonds. The van der Waals surface area contributed by atoms with Crippen LogP contribution in [0.1, 0.15) is 43.2 Å². The van der Waals surface area contributed by atoms with Crippen molar-refractivity contribution in [1.82, 2.24) is 25.4 Å². The van der Waals surface area contributed by atoms with Gasteiger partial charge in [0.25, 0.3) is 0 Å². The van der Waals surface area contributed by atoms with Gasteiger partial charge >= 0.3 is 0 Å². The van der Waals surface area contributed by atoms with Gasteiger partial charge in [-0.25, -0.2) is 0 Å². The van der Waals surface area contributed by atoms with Crippen molar-refractivity contribution in [3.05, 3.63) is 71.9 Å². The van der Waals surface area contributed by atoms with Crippen LogP contribution in [0.15, 0.2) is 60.8 Å². The van der Waals surface area contributed by atoms with Crippen molar-refractivity contribution in [2.75, 3.05) is 13.1 Å². The zero-order chi connectivity index (χ0) is 27.6. The summed E-state index contributed by atoms with van der Waals surface area (Å²) in [6.45, 7) is 0.950. The number of nitrogens with zero attached hydrogens (tertiary/aromatic N) is 2. The molecular weight excluding hydrogens is 506 g/mol. The van der Waals surface area contributed by atoms with Gasteiger partial charge in [0.05, 0.1) is 0 Å². The van der Waals surface area contributed by atoms with Crippen molar-refractivity contribution in [3.63, 3.8) is 0 Å². The number of nitrogens with one attached hydrogen (secondary N) is 3. The number of para-hydroxylation sites is 1. The van der Waals surface area contributed by atoms with Gasteiger partial charge in [0.2, 0.25) is 23.6 Å². The molecule has 3 fully saturated rings. The van der Waals surface area contributed by atoms with Crippen molar-refractivity contribution in [2.24, 2.45) is 0 Å². The number of aromatic nitrogens is 1. The van der Waals surface area contributed by atoms with Gasteiger partial charge in [-0.2, -0.15) is 0 Å². The van der Waals surface area contributed by atoms with Crippen LogP contribution in [-0.2, 0) is 32.0 Å². The average Bonchev–Trinajstić information content (AvgIpc) is 3.72. The Morgan fingerprint density at radius 1 is 0.750 bits per heavy atom. The van der Waals surface area contributed by atoms with E-state index in [0.717, 1.165) is 28.5 Å². The van der Waals surface area contributed by atoms with E-state index in [4.69, 9.17) is 0 Å². The topological polar surface area (TPSA) is 115 Å². The van der Waals surface area contributed by atoms with E-state index in [1.165, 1.54) is 0 Å². The predicted molar refractivity (Wildman–Crippen MR) is 150 cm³/mol. The monoisotopic (exact) mass is 541 g/mol.